The summed E-state index contributed by atoms with van der Waals surface area (Å²) in [4.78, 5) is 0. The van der Waals surface area contributed by atoms with Crippen molar-refractivity contribution in [2.24, 2.45) is 5.92 Å². The molecule has 0 saturated carbocycles. The molecule has 0 spiro atoms. The van der Waals surface area contributed by atoms with Crippen LogP contribution < -0.4 is 0 Å². The van der Waals surface area contributed by atoms with Crippen LogP contribution in [0.2, 0.25) is 13.1 Å². The average molecular weight is 336 g/mol. The van der Waals surface area contributed by atoms with Crippen LogP contribution in [0.3, 0.4) is 0 Å². The Kier molecular flexibility index (Phi) is 4.04. The third-order valence-electron chi connectivity index (χ3n) is 6.78. The fraction of sp³-hybridized carbons (Fsp3) is 0.304. The van der Waals surface area contributed by atoms with E-state index >= 15 is 0 Å². The van der Waals surface area contributed by atoms with Gasteiger partial charge in [-0.3, -0.25) is 0 Å². The van der Waals surface area contributed by atoms with Crippen molar-refractivity contribution in [3.63, 3.8) is 0 Å². The first-order valence-corrected chi connectivity index (χ1v) is 12.5. The zero-order chi connectivity index (χ0) is 17.8. The number of hydrogen-bond acceptors (Lipinski definition) is 0. The van der Waals surface area contributed by atoms with E-state index in [0.29, 0.717) is 11.5 Å². The van der Waals surface area contributed by atoms with Gasteiger partial charge in [0.15, 0.2) is 0 Å². The first-order chi connectivity index (χ1) is 11.9. The number of rotatable bonds is 3. The molecule has 2 aromatic carbocycles. The molecule has 2 heteroatoms. The normalized spacial score (nSPS) is 24.4. The summed E-state index contributed by atoms with van der Waals surface area (Å²) in [6.45, 7) is 9.82. The minimum absolute atomic E-state index is 0.162. The zero-order valence-electron chi connectivity index (χ0n) is 16.0. The van der Waals surface area contributed by atoms with Crippen LogP contribution in [-0.4, -0.2) is 25.8 Å². The predicted octanol–water partition coefficient (Wildman–Crippen LogP) is 5.70. The first kappa shape index (κ1) is 17.2. The molecular weight excluding hydrogens is 311 g/mol. The summed E-state index contributed by atoms with van der Waals surface area (Å²) in [6.07, 6.45) is 7.45. The maximum atomic E-state index is 2.63. The third kappa shape index (κ3) is 2.41. The van der Waals surface area contributed by atoms with E-state index < -0.39 is 8.07 Å². The Balaban J connectivity index is 1.87. The Hall–Kier alpha value is -1.27. The molecule has 2 aromatic rings. The monoisotopic (exact) mass is 336 g/mol. The summed E-state index contributed by atoms with van der Waals surface area (Å²) >= 11 is 2.50. The molecule has 0 aliphatic heterocycles. The second kappa shape index (κ2) is 5.88. The summed E-state index contributed by atoms with van der Waals surface area (Å²) in [5, 5.41) is 0. The number of allylic oxidation sites excluding steroid dienone is 3. The van der Waals surface area contributed by atoms with Crippen LogP contribution in [0.4, 0.5) is 0 Å². The SMILES string of the molecule is [Li][C]1([Si](C)(C)C2C=Cc3ccccc32)C=C(C(C)C)c2ccccc21. The minimum atomic E-state index is -1.71. The molecule has 0 fully saturated rings. The Bertz CT molecular complexity index is 890. The van der Waals surface area contributed by atoms with E-state index in [1.54, 1.807) is 5.56 Å². The van der Waals surface area contributed by atoms with Gasteiger partial charge in [0.1, 0.15) is 0 Å². The van der Waals surface area contributed by atoms with Crippen LogP contribution in [0.15, 0.2) is 60.7 Å². The van der Waals surface area contributed by atoms with Crippen molar-refractivity contribution in [2.75, 3.05) is 0 Å². The van der Waals surface area contributed by atoms with Crippen LogP contribution in [0.25, 0.3) is 11.6 Å². The molecule has 0 amide bonds. The zero-order valence-corrected chi connectivity index (χ0v) is 17.0. The molecule has 122 valence electrons. The Morgan fingerprint density at radius 1 is 1.00 bits per heavy atom. The Morgan fingerprint density at radius 2 is 1.68 bits per heavy atom. The standard InChI is InChI=1S/C23H25Si.Li/c1-16(2)21-15-23(20-12-8-7-11-19(20)21)24(3,4)22-14-13-17-9-5-6-10-18(17)22;/h5-16,22H,1-4H3;. The van der Waals surface area contributed by atoms with E-state index in [2.05, 4.69) is 111 Å². The van der Waals surface area contributed by atoms with Crippen molar-refractivity contribution >= 4 is 37.4 Å². The van der Waals surface area contributed by atoms with Crippen molar-refractivity contribution in [3.05, 3.63) is 82.9 Å². The number of fused-ring (bicyclic) bond motifs is 2. The van der Waals surface area contributed by atoms with Gasteiger partial charge in [0.2, 0.25) is 0 Å². The third-order valence-corrected chi connectivity index (χ3v) is 11.9. The summed E-state index contributed by atoms with van der Waals surface area (Å²) < 4.78 is 0.162. The average Bonchev–Trinajstić information content (AvgIpc) is 3.16. The molecule has 0 aromatic heterocycles. The summed E-state index contributed by atoms with van der Waals surface area (Å²) in [7, 11) is -1.71. The van der Waals surface area contributed by atoms with Gasteiger partial charge in [-0.05, 0) is 0 Å². The molecule has 0 nitrogen and oxygen atoms in total. The molecule has 0 saturated heterocycles. The number of hydrogen-bond donors (Lipinski definition) is 0. The van der Waals surface area contributed by atoms with Crippen molar-refractivity contribution in [1.29, 1.82) is 0 Å². The van der Waals surface area contributed by atoms with Crippen LogP contribution in [0, 0.1) is 5.92 Å². The molecule has 0 radical (unpaired) electrons. The van der Waals surface area contributed by atoms with Crippen LogP contribution in [0.1, 0.15) is 41.6 Å². The molecule has 2 atom stereocenters. The fourth-order valence-electron chi connectivity index (χ4n) is 4.87. The van der Waals surface area contributed by atoms with Crippen LogP contribution in [0.5, 0.6) is 0 Å². The van der Waals surface area contributed by atoms with Gasteiger partial charge in [-0.25, -0.2) is 0 Å². The molecule has 0 bridgehead atoms. The molecule has 0 heterocycles. The van der Waals surface area contributed by atoms with Gasteiger partial charge in [-0.15, -0.1) is 0 Å². The molecule has 2 aliphatic rings. The first-order valence-electron chi connectivity index (χ1n) is 9.46. The van der Waals surface area contributed by atoms with E-state index in [4.69, 9.17) is 0 Å². The van der Waals surface area contributed by atoms with Gasteiger partial charge >= 0.3 is 162 Å². The second-order valence-electron chi connectivity index (χ2n) is 8.69. The maximum absolute atomic E-state index is 2.63. The molecule has 2 unspecified atom stereocenters. The Labute approximate surface area is 162 Å². The molecule has 0 N–H and O–H groups in total. The summed E-state index contributed by atoms with van der Waals surface area (Å²) in [5.74, 6) is 0.569. The van der Waals surface area contributed by atoms with Gasteiger partial charge < -0.3 is 0 Å². The van der Waals surface area contributed by atoms with E-state index in [-0.39, 0.29) is 3.71 Å². The van der Waals surface area contributed by atoms with Gasteiger partial charge in [-0.1, -0.05) is 0 Å². The van der Waals surface area contributed by atoms with Crippen LogP contribution >= 0.6 is 0 Å². The van der Waals surface area contributed by atoms with E-state index in [1.807, 2.05) is 0 Å². The van der Waals surface area contributed by atoms with Gasteiger partial charge in [-0.2, -0.15) is 0 Å². The predicted molar refractivity (Wildman–Crippen MR) is 112 cm³/mol. The summed E-state index contributed by atoms with van der Waals surface area (Å²) in [6, 6.07) is 18.1. The van der Waals surface area contributed by atoms with E-state index in [9.17, 15) is 0 Å². The Morgan fingerprint density at radius 3 is 2.44 bits per heavy atom. The van der Waals surface area contributed by atoms with E-state index in [1.165, 1.54) is 22.3 Å². The molecular formula is C23H25LiSi. The molecule has 25 heavy (non-hydrogen) atoms. The quantitative estimate of drug-likeness (QED) is 0.631. The van der Waals surface area contributed by atoms with E-state index in [0.717, 1.165) is 0 Å². The van der Waals surface area contributed by atoms with Gasteiger partial charge in [0, 0.05) is 0 Å². The van der Waals surface area contributed by atoms with Gasteiger partial charge in [0.25, 0.3) is 0 Å². The van der Waals surface area contributed by atoms with Crippen molar-refractivity contribution in [2.45, 2.75) is 36.2 Å². The summed E-state index contributed by atoms with van der Waals surface area (Å²) in [5.41, 5.74) is 8.09. The number of benzene rings is 2. The van der Waals surface area contributed by atoms with Crippen molar-refractivity contribution in [1.82, 2.24) is 0 Å². The van der Waals surface area contributed by atoms with Crippen molar-refractivity contribution < 1.29 is 0 Å². The van der Waals surface area contributed by atoms with Gasteiger partial charge in [0.05, 0.1) is 0 Å². The van der Waals surface area contributed by atoms with Crippen LogP contribution in [-0.2, 0) is 3.71 Å². The second-order valence-corrected chi connectivity index (χ2v) is 13.8. The molecule has 2 aliphatic carbocycles. The fourth-order valence-corrected chi connectivity index (χ4v) is 8.57. The molecule has 4 rings (SSSR count). The topological polar surface area (TPSA) is 0 Å². The van der Waals surface area contributed by atoms with Crippen molar-refractivity contribution in [3.8, 4) is 0 Å².